The number of rotatable bonds is 7. The molecule has 7 nitrogen and oxygen atoms in total. The van der Waals surface area contributed by atoms with Gasteiger partial charge < -0.3 is 35.0 Å². The largest absolute Gasteiger partial charge is 0.494 e. The molecule has 0 saturated carbocycles. The van der Waals surface area contributed by atoms with E-state index in [0.29, 0.717) is 23.6 Å². The Morgan fingerprint density at radius 3 is 2.37 bits per heavy atom. The van der Waals surface area contributed by atoms with Gasteiger partial charge in [-0.3, -0.25) is 0 Å². The second-order valence-corrected chi connectivity index (χ2v) is 7.75. The van der Waals surface area contributed by atoms with Crippen molar-refractivity contribution >= 4 is 11.6 Å². The zero-order chi connectivity index (χ0) is 21.8. The molecule has 1 fully saturated rings. The zero-order valence-electron chi connectivity index (χ0n) is 16.6. The molecule has 5 N–H and O–H groups in total. The summed E-state index contributed by atoms with van der Waals surface area (Å²) in [5.41, 5.74) is 2.33. The minimum Gasteiger partial charge on any atom is -0.494 e. The standard InChI is InChI=1S/C22H27ClO7/c1-2-29-15-6-3-12(4-7-15)9-14-10-13(5-8-16(14)23)21-19(27)18(26)20(28)22(30-21)17(25)11-24/h3-8,10,17-22,24-28H,2,9,11H2,1H3/t17-,18-,19-,20+,21?,22?/m1/s1. The number of hydrogen-bond acceptors (Lipinski definition) is 7. The normalized spacial score (nSPS) is 27.6. The van der Waals surface area contributed by atoms with Gasteiger partial charge in [-0.25, -0.2) is 0 Å². The molecule has 1 heterocycles. The van der Waals surface area contributed by atoms with Gasteiger partial charge in [0.1, 0.15) is 42.4 Å². The van der Waals surface area contributed by atoms with Crippen molar-refractivity contribution in [3.63, 3.8) is 0 Å². The molecule has 30 heavy (non-hydrogen) atoms. The van der Waals surface area contributed by atoms with Crippen molar-refractivity contribution in [3.8, 4) is 5.75 Å². The Bertz CT molecular complexity index is 829. The lowest BCUT2D eigenvalue weighted by atomic mass is 9.88. The Morgan fingerprint density at radius 2 is 1.73 bits per heavy atom. The molecule has 0 aliphatic carbocycles. The lowest BCUT2D eigenvalue weighted by molar-refractivity contribution is -0.248. The van der Waals surface area contributed by atoms with E-state index in [1.165, 1.54) is 0 Å². The van der Waals surface area contributed by atoms with Crippen LogP contribution in [0.25, 0.3) is 0 Å². The van der Waals surface area contributed by atoms with Crippen molar-refractivity contribution < 1.29 is 35.0 Å². The minimum absolute atomic E-state index is 0.524. The maximum Gasteiger partial charge on any atom is 0.119 e. The summed E-state index contributed by atoms with van der Waals surface area (Å²) in [5, 5.41) is 50.4. The summed E-state index contributed by atoms with van der Waals surface area (Å²) in [5.74, 6) is 0.779. The summed E-state index contributed by atoms with van der Waals surface area (Å²) in [6.07, 6.45) is -7.62. The fraction of sp³-hybridized carbons (Fsp3) is 0.455. The number of aliphatic hydroxyl groups excluding tert-OH is 5. The Balaban J connectivity index is 1.84. The summed E-state index contributed by atoms with van der Waals surface area (Å²) in [6, 6.07) is 12.7. The van der Waals surface area contributed by atoms with E-state index in [4.69, 9.17) is 21.1 Å². The van der Waals surface area contributed by atoms with Gasteiger partial charge in [-0.05, 0) is 48.2 Å². The Kier molecular flexibility index (Phi) is 7.70. The van der Waals surface area contributed by atoms with E-state index in [1.54, 1.807) is 18.2 Å². The topological polar surface area (TPSA) is 120 Å². The highest BCUT2D eigenvalue weighted by Crippen LogP contribution is 2.35. The van der Waals surface area contributed by atoms with E-state index in [2.05, 4.69) is 0 Å². The molecule has 164 valence electrons. The van der Waals surface area contributed by atoms with Crippen molar-refractivity contribution in [2.24, 2.45) is 0 Å². The van der Waals surface area contributed by atoms with Crippen LogP contribution in [0.2, 0.25) is 5.02 Å². The van der Waals surface area contributed by atoms with Crippen LogP contribution in [-0.2, 0) is 11.2 Å². The Hall–Kier alpha value is -1.71. The van der Waals surface area contributed by atoms with Gasteiger partial charge in [0.15, 0.2) is 0 Å². The molecule has 3 rings (SSSR count). The SMILES string of the molecule is CCOc1ccc(Cc2cc(C3OC([C@H](O)CO)[C@@H](O)[C@H](O)[C@H]3O)ccc2Cl)cc1. The second-order valence-electron chi connectivity index (χ2n) is 7.35. The number of hydrogen-bond donors (Lipinski definition) is 5. The van der Waals surface area contributed by atoms with Crippen molar-refractivity contribution in [2.75, 3.05) is 13.2 Å². The van der Waals surface area contributed by atoms with Gasteiger partial charge in [0.05, 0.1) is 13.2 Å². The molecule has 6 atom stereocenters. The van der Waals surface area contributed by atoms with E-state index in [0.717, 1.165) is 16.9 Å². The monoisotopic (exact) mass is 438 g/mol. The molecule has 1 saturated heterocycles. The molecule has 2 aromatic rings. The Morgan fingerprint density at radius 1 is 1.03 bits per heavy atom. The van der Waals surface area contributed by atoms with Gasteiger partial charge in [-0.2, -0.15) is 0 Å². The van der Waals surface area contributed by atoms with Crippen LogP contribution in [0.5, 0.6) is 5.75 Å². The van der Waals surface area contributed by atoms with Crippen LogP contribution in [0.1, 0.15) is 29.7 Å². The molecule has 8 heteroatoms. The highest BCUT2D eigenvalue weighted by Gasteiger charge is 2.46. The highest BCUT2D eigenvalue weighted by atomic mass is 35.5. The minimum atomic E-state index is -1.54. The van der Waals surface area contributed by atoms with Crippen LogP contribution in [0, 0.1) is 0 Å². The molecular weight excluding hydrogens is 412 g/mol. The molecule has 1 aliphatic heterocycles. The fourth-order valence-electron chi connectivity index (χ4n) is 3.60. The molecule has 2 aromatic carbocycles. The van der Waals surface area contributed by atoms with E-state index in [9.17, 15) is 25.5 Å². The van der Waals surface area contributed by atoms with Crippen molar-refractivity contribution in [1.82, 2.24) is 0 Å². The van der Waals surface area contributed by atoms with Crippen molar-refractivity contribution in [2.45, 2.75) is 50.0 Å². The average molecular weight is 439 g/mol. The number of halogens is 1. The predicted molar refractivity (Wildman–Crippen MR) is 111 cm³/mol. The lowest BCUT2D eigenvalue weighted by Gasteiger charge is -2.42. The maximum atomic E-state index is 10.4. The third-order valence-electron chi connectivity index (χ3n) is 5.24. The molecule has 0 spiro atoms. The van der Waals surface area contributed by atoms with Gasteiger partial charge in [0, 0.05) is 5.02 Å². The summed E-state index contributed by atoms with van der Waals surface area (Å²) in [6.45, 7) is 1.85. The molecule has 0 radical (unpaired) electrons. The van der Waals surface area contributed by atoms with Gasteiger partial charge in [-0.15, -0.1) is 0 Å². The molecule has 2 unspecified atom stereocenters. The highest BCUT2D eigenvalue weighted by molar-refractivity contribution is 6.31. The molecule has 0 amide bonds. The van der Waals surface area contributed by atoms with E-state index >= 15 is 0 Å². The first-order valence-electron chi connectivity index (χ1n) is 9.84. The smallest absolute Gasteiger partial charge is 0.119 e. The number of ether oxygens (including phenoxy) is 2. The zero-order valence-corrected chi connectivity index (χ0v) is 17.3. The van der Waals surface area contributed by atoms with E-state index in [1.807, 2.05) is 31.2 Å². The predicted octanol–water partition coefficient (Wildman–Crippen LogP) is 1.21. The third kappa shape index (κ3) is 4.95. The van der Waals surface area contributed by atoms with Crippen LogP contribution >= 0.6 is 11.6 Å². The van der Waals surface area contributed by atoms with Crippen LogP contribution in [-0.4, -0.2) is 69.3 Å². The summed E-state index contributed by atoms with van der Waals surface area (Å²) in [7, 11) is 0. The van der Waals surface area contributed by atoms with Gasteiger partial charge >= 0.3 is 0 Å². The first kappa shape index (κ1) is 23.0. The van der Waals surface area contributed by atoms with Gasteiger partial charge in [0.2, 0.25) is 0 Å². The van der Waals surface area contributed by atoms with Crippen LogP contribution < -0.4 is 4.74 Å². The first-order chi connectivity index (χ1) is 14.3. The van der Waals surface area contributed by atoms with Crippen molar-refractivity contribution in [3.05, 3.63) is 64.2 Å². The summed E-state index contributed by atoms with van der Waals surface area (Å²) in [4.78, 5) is 0. The van der Waals surface area contributed by atoms with E-state index < -0.39 is 43.2 Å². The summed E-state index contributed by atoms with van der Waals surface area (Å²) < 4.78 is 11.1. The quantitative estimate of drug-likeness (QED) is 0.440. The third-order valence-corrected chi connectivity index (χ3v) is 5.61. The van der Waals surface area contributed by atoms with Crippen LogP contribution in [0.4, 0.5) is 0 Å². The maximum absolute atomic E-state index is 10.4. The van der Waals surface area contributed by atoms with Gasteiger partial charge in [-0.1, -0.05) is 35.9 Å². The fourth-order valence-corrected chi connectivity index (χ4v) is 3.79. The van der Waals surface area contributed by atoms with Crippen LogP contribution in [0.15, 0.2) is 42.5 Å². The second kappa shape index (κ2) is 10.1. The number of aliphatic hydroxyl groups is 5. The van der Waals surface area contributed by atoms with Gasteiger partial charge in [0.25, 0.3) is 0 Å². The first-order valence-corrected chi connectivity index (χ1v) is 10.2. The number of benzene rings is 2. The van der Waals surface area contributed by atoms with Crippen molar-refractivity contribution in [1.29, 1.82) is 0 Å². The molecule has 0 bridgehead atoms. The van der Waals surface area contributed by atoms with Crippen LogP contribution in [0.3, 0.4) is 0 Å². The average Bonchev–Trinajstić information content (AvgIpc) is 2.75. The Labute approximate surface area is 180 Å². The van der Waals surface area contributed by atoms with E-state index in [-0.39, 0.29) is 0 Å². The molecular formula is C22H27ClO7. The summed E-state index contributed by atoms with van der Waals surface area (Å²) >= 11 is 6.37. The lowest BCUT2D eigenvalue weighted by Crippen LogP contribution is -2.58. The molecule has 0 aromatic heterocycles. The molecule has 1 aliphatic rings.